The Labute approximate surface area is 127 Å². The molecule has 0 bridgehead atoms. The summed E-state index contributed by atoms with van der Waals surface area (Å²) in [5, 5.41) is 3.61. The number of thiophene rings is 1. The Balaban J connectivity index is 1.99. The Kier molecular flexibility index (Phi) is 3.45. The number of nitrogens with zero attached hydrogens (tertiary/aromatic N) is 1. The molecule has 0 aliphatic rings. The smallest absolute Gasteiger partial charge is 0.269 e. The zero-order valence-electron chi connectivity index (χ0n) is 10.2. The standard InChI is InChI=1S/C13H8ClFN2OS2/c1-6-5-16-13(19-6)17-12(18)11-10(14)9-7(15)3-2-4-8(9)20-11/h2-5H,1H3,(H,16,17,18). The number of fused-ring (bicyclic) bond motifs is 1. The van der Waals surface area contributed by atoms with Crippen molar-refractivity contribution < 1.29 is 9.18 Å². The second-order valence-corrected chi connectivity index (χ2v) is 6.75. The van der Waals surface area contributed by atoms with Crippen molar-refractivity contribution in [1.82, 2.24) is 4.98 Å². The molecule has 0 aliphatic heterocycles. The molecular weight excluding hydrogens is 319 g/mol. The highest BCUT2D eigenvalue weighted by Gasteiger charge is 2.20. The van der Waals surface area contributed by atoms with E-state index in [2.05, 4.69) is 10.3 Å². The van der Waals surface area contributed by atoms with Gasteiger partial charge in [0.15, 0.2) is 5.13 Å². The number of amides is 1. The third-order valence-electron chi connectivity index (χ3n) is 2.65. The molecular formula is C13H8ClFN2OS2. The number of halogens is 2. The van der Waals surface area contributed by atoms with Gasteiger partial charge in [-0.2, -0.15) is 0 Å². The van der Waals surface area contributed by atoms with E-state index in [1.54, 1.807) is 18.3 Å². The maximum atomic E-state index is 13.7. The highest BCUT2D eigenvalue weighted by atomic mass is 35.5. The van der Waals surface area contributed by atoms with Gasteiger partial charge >= 0.3 is 0 Å². The maximum absolute atomic E-state index is 13.7. The van der Waals surface area contributed by atoms with E-state index in [4.69, 9.17) is 11.6 Å². The summed E-state index contributed by atoms with van der Waals surface area (Å²) in [6.45, 7) is 1.90. The fourth-order valence-electron chi connectivity index (χ4n) is 1.78. The van der Waals surface area contributed by atoms with Crippen molar-refractivity contribution >= 4 is 55.4 Å². The van der Waals surface area contributed by atoms with E-state index < -0.39 is 5.82 Å². The minimum atomic E-state index is -0.423. The normalized spacial score (nSPS) is 10.9. The van der Waals surface area contributed by atoms with E-state index in [9.17, 15) is 9.18 Å². The van der Waals surface area contributed by atoms with Crippen LogP contribution in [0.5, 0.6) is 0 Å². The number of carbonyl (C=O) groups excluding carboxylic acids is 1. The van der Waals surface area contributed by atoms with Crippen LogP contribution in [0.2, 0.25) is 5.02 Å². The van der Waals surface area contributed by atoms with Gasteiger partial charge < -0.3 is 0 Å². The zero-order chi connectivity index (χ0) is 14.3. The second-order valence-electron chi connectivity index (χ2n) is 4.09. The number of anilines is 1. The van der Waals surface area contributed by atoms with Crippen molar-refractivity contribution in [2.24, 2.45) is 0 Å². The van der Waals surface area contributed by atoms with E-state index in [0.717, 1.165) is 4.88 Å². The first-order valence-electron chi connectivity index (χ1n) is 5.66. The SMILES string of the molecule is Cc1cnc(NC(=O)c2sc3cccc(F)c3c2Cl)s1. The Hall–Kier alpha value is -1.50. The average molecular weight is 327 g/mol. The van der Waals surface area contributed by atoms with Crippen LogP contribution >= 0.6 is 34.3 Å². The number of benzene rings is 1. The van der Waals surface area contributed by atoms with Crippen LogP contribution in [-0.4, -0.2) is 10.9 Å². The molecule has 3 aromatic rings. The topological polar surface area (TPSA) is 42.0 Å². The summed E-state index contributed by atoms with van der Waals surface area (Å²) in [6, 6.07) is 4.66. The molecule has 0 fully saturated rings. The van der Waals surface area contributed by atoms with E-state index >= 15 is 0 Å². The number of thiazole rings is 1. The highest BCUT2D eigenvalue weighted by molar-refractivity contribution is 7.22. The van der Waals surface area contributed by atoms with E-state index in [1.165, 1.54) is 28.7 Å². The van der Waals surface area contributed by atoms with Crippen LogP contribution in [0.25, 0.3) is 10.1 Å². The molecule has 0 saturated carbocycles. The summed E-state index contributed by atoms with van der Waals surface area (Å²) < 4.78 is 14.4. The Bertz CT molecular complexity index is 812. The van der Waals surface area contributed by atoms with E-state index in [0.29, 0.717) is 20.1 Å². The van der Waals surface area contributed by atoms with Gasteiger partial charge in [-0.05, 0) is 19.1 Å². The molecule has 0 atom stereocenters. The third-order valence-corrected chi connectivity index (χ3v) is 5.13. The number of carbonyl (C=O) groups is 1. The van der Waals surface area contributed by atoms with Gasteiger partial charge in [0.2, 0.25) is 0 Å². The molecule has 0 aliphatic carbocycles. The molecule has 1 amide bonds. The van der Waals surface area contributed by atoms with Gasteiger partial charge in [-0.1, -0.05) is 17.7 Å². The Morgan fingerprint density at radius 3 is 2.85 bits per heavy atom. The van der Waals surface area contributed by atoms with Crippen LogP contribution in [0, 0.1) is 12.7 Å². The lowest BCUT2D eigenvalue weighted by Gasteiger charge is -1.99. The van der Waals surface area contributed by atoms with Gasteiger partial charge in [-0.15, -0.1) is 22.7 Å². The van der Waals surface area contributed by atoms with Crippen LogP contribution in [0.3, 0.4) is 0 Å². The lowest BCUT2D eigenvalue weighted by Crippen LogP contribution is -2.10. The van der Waals surface area contributed by atoms with Gasteiger partial charge in [0, 0.05) is 21.2 Å². The van der Waals surface area contributed by atoms with Gasteiger partial charge in [-0.3, -0.25) is 10.1 Å². The van der Waals surface area contributed by atoms with Crippen LogP contribution in [-0.2, 0) is 0 Å². The van der Waals surface area contributed by atoms with Gasteiger partial charge in [0.1, 0.15) is 10.7 Å². The first-order valence-corrected chi connectivity index (χ1v) is 7.67. The van der Waals surface area contributed by atoms with Crippen molar-refractivity contribution in [1.29, 1.82) is 0 Å². The summed E-state index contributed by atoms with van der Waals surface area (Å²) in [5.74, 6) is -0.794. The number of hydrogen-bond acceptors (Lipinski definition) is 4. The first kappa shape index (κ1) is 13.5. The fourth-order valence-corrected chi connectivity index (χ4v) is 3.90. The summed E-state index contributed by atoms with van der Waals surface area (Å²) in [5.41, 5.74) is 0. The fraction of sp³-hybridized carbons (Fsp3) is 0.0769. The van der Waals surface area contributed by atoms with Gasteiger partial charge in [0.25, 0.3) is 5.91 Å². The second kappa shape index (κ2) is 5.12. The summed E-state index contributed by atoms with van der Waals surface area (Å²) >= 11 is 8.66. The number of hydrogen-bond donors (Lipinski definition) is 1. The average Bonchev–Trinajstić information content (AvgIpc) is 2.95. The summed E-state index contributed by atoms with van der Waals surface area (Å²) in [4.78, 5) is 17.5. The third kappa shape index (κ3) is 2.30. The number of nitrogens with one attached hydrogen (secondary N) is 1. The molecule has 3 nitrogen and oxygen atoms in total. The molecule has 0 unspecified atom stereocenters. The molecule has 3 rings (SSSR count). The largest absolute Gasteiger partial charge is 0.297 e. The van der Waals surface area contributed by atoms with Gasteiger partial charge in [-0.25, -0.2) is 9.37 Å². The van der Waals surface area contributed by atoms with Crippen molar-refractivity contribution in [3.8, 4) is 0 Å². The predicted octanol–water partition coefficient (Wildman–Crippen LogP) is 4.71. The number of rotatable bonds is 2. The molecule has 102 valence electrons. The Morgan fingerprint density at radius 2 is 2.20 bits per heavy atom. The molecule has 0 radical (unpaired) electrons. The monoisotopic (exact) mass is 326 g/mol. The lowest BCUT2D eigenvalue weighted by molar-refractivity contribution is 0.103. The summed E-state index contributed by atoms with van der Waals surface area (Å²) in [7, 11) is 0. The quantitative estimate of drug-likeness (QED) is 0.741. The van der Waals surface area contributed by atoms with Crippen molar-refractivity contribution in [2.45, 2.75) is 6.92 Å². The van der Waals surface area contributed by atoms with Crippen molar-refractivity contribution in [3.05, 3.63) is 45.0 Å². The van der Waals surface area contributed by atoms with Crippen LogP contribution < -0.4 is 5.32 Å². The summed E-state index contributed by atoms with van der Waals surface area (Å²) in [6.07, 6.45) is 1.67. The molecule has 2 heterocycles. The molecule has 0 spiro atoms. The molecule has 1 aromatic carbocycles. The minimum absolute atomic E-state index is 0.147. The molecule has 0 saturated heterocycles. The zero-order valence-corrected chi connectivity index (χ0v) is 12.6. The minimum Gasteiger partial charge on any atom is -0.297 e. The van der Waals surface area contributed by atoms with Crippen molar-refractivity contribution in [3.63, 3.8) is 0 Å². The number of aryl methyl sites for hydroxylation is 1. The molecule has 2 aromatic heterocycles. The lowest BCUT2D eigenvalue weighted by atomic mass is 10.2. The Morgan fingerprint density at radius 1 is 1.40 bits per heavy atom. The van der Waals surface area contributed by atoms with Gasteiger partial charge in [0.05, 0.1) is 5.02 Å². The van der Waals surface area contributed by atoms with Crippen molar-refractivity contribution in [2.75, 3.05) is 5.32 Å². The van der Waals surface area contributed by atoms with Crippen LogP contribution in [0.4, 0.5) is 9.52 Å². The molecule has 1 N–H and O–H groups in total. The maximum Gasteiger partial charge on any atom is 0.269 e. The van der Waals surface area contributed by atoms with Crippen LogP contribution in [0.1, 0.15) is 14.5 Å². The highest BCUT2D eigenvalue weighted by Crippen LogP contribution is 2.37. The van der Waals surface area contributed by atoms with E-state index in [-0.39, 0.29) is 10.9 Å². The molecule has 7 heteroatoms. The molecule has 20 heavy (non-hydrogen) atoms. The number of aromatic nitrogens is 1. The van der Waals surface area contributed by atoms with E-state index in [1.807, 2.05) is 6.92 Å². The van der Waals surface area contributed by atoms with Crippen LogP contribution in [0.15, 0.2) is 24.4 Å². The first-order chi connectivity index (χ1) is 9.56. The predicted molar refractivity (Wildman–Crippen MR) is 81.6 cm³/mol.